The van der Waals surface area contributed by atoms with Crippen molar-refractivity contribution in [3.8, 4) is 0 Å². The van der Waals surface area contributed by atoms with E-state index in [-0.39, 0.29) is 11.2 Å². The van der Waals surface area contributed by atoms with Crippen molar-refractivity contribution in [3.05, 3.63) is 5.82 Å². The van der Waals surface area contributed by atoms with E-state index in [0.29, 0.717) is 12.0 Å². The van der Waals surface area contributed by atoms with Gasteiger partial charge in [0.15, 0.2) is 5.16 Å². The molecule has 2 N–H and O–H groups in total. The van der Waals surface area contributed by atoms with Crippen LogP contribution in [-0.4, -0.2) is 45.1 Å². The molecule has 1 saturated carbocycles. The van der Waals surface area contributed by atoms with E-state index in [4.69, 9.17) is 0 Å². The average molecular weight is 366 g/mol. The average Bonchev–Trinajstić information content (AvgIpc) is 3.25. The van der Waals surface area contributed by atoms with E-state index < -0.39 is 0 Å². The maximum absolute atomic E-state index is 12.6. The summed E-state index contributed by atoms with van der Waals surface area (Å²) in [6.45, 7) is 4.27. The number of nitrogens with one attached hydrogen (secondary N) is 2. The molecule has 0 aromatic carbocycles. The van der Waals surface area contributed by atoms with Crippen LogP contribution in [0.4, 0.5) is 0 Å². The first-order valence-corrected chi connectivity index (χ1v) is 10.6. The highest BCUT2D eigenvalue weighted by Gasteiger charge is 2.25. The lowest BCUT2D eigenvalue weighted by molar-refractivity contribution is -0.121. The van der Waals surface area contributed by atoms with Crippen LogP contribution in [-0.2, 0) is 18.3 Å². The number of carbonyl (C=O) groups is 1. The predicted molar refractivity (Wildman–Crippen MR) is 101 cm³/mol. The molecule has 1 unspecified atom stereocenters. The minimum Gasteiger partial charge on any atom is -0.352 e. The van der Waals surface area contributed by atoms with Crippen LogP contribution in [0.3, 0.4) is 0 Å². The van der Waals surface area contributed by atoms with Gasteiger partial charge in [0.25, 0.3) is 0 Å². The second-order valence-electron chi connectivity index (χ2n) is 7.36. The Labute approximate surface area is 154 Å². The zero-order valence-electron chi connectivity index (χ0n) is 15.5. The van der Waals surface area contributed by atoms with Crippen LogP contribution in [0.15, 0.2) is 5.16 Å². The Morgan fingerprint density at radius 3 is 2.68 bits per heavy atom. The van der Waals surface area contributed by atoms with Gasteiger partial charge in [-0.1, -0.05) is 31.5 Å². The minimum absolute atomic E-state index is 0.0877. The Kier molecular flexibility index (Phi) is 6.76. The van der Waals surface area contributed by atoms with Crippen LogP contribution in [0.1, 0.15) is 57.7 Å². The highest BCUT2D eigenvalue weighted by atomic mass is 32.2. The van der Waals surface area contributed by atoms with Gasteiger partial charge in [-0.15, -0.1) is 10.2 Å². The smallest absolute Gasteiger partial charge is 0.233 e. The van der Waals surface area contributed by atoms with E-state index >= 15 is 0 Å². The Bertz CT molecular complexity index is 564. The van der Waals surface area contributed by atoms with Gasteiger partial charge in [0.05, 0.1) is 5.25 Å². The van der Waals surface area contributed by atoms with Crippen LogP contribution < -0.4 is 10.6 Å². The second-order valence-corrected chi connectivity index (χ2v) is 8.53. The van der Waals surface area contributed by atoms with E-state index in [2.05, 4.69) is 32.3 Å². The Hall–Kier alpha value is -1.08. The summed E-state index contributed by atoms with van der Waals surface area (Å²) < 4.78 is 2.08. The van der Waals surface area contributed by atoms with Gasteiger partial charge < -0.3 is 15.2 Å². The number of carbonyl (C=O) groups excluding carboxylic acids is 1. The molecular weight excluding hydrogens is 334 g/mol. The van der Waals surface area contributed by atoms with Crippen molar-refractivity contribution < 1.29 is 4.79 Å². The number of rotatable bonds is 7. The maximum atomic E-state index is 12.6. The van der Waals surface area contributed by atoms with Gasteiger partial charge in [0, 0.05) is 19.5 Å². The van der Waals surface area contributed by atoms with Crippen LogP contribution in [0.2, 0.25) is 0 Å². The first-order chi connectivity index (χ1) is 12.2. The quantitative estimate of drug-likeness (QED) is 0.726. The lowest BCUT2D eigenvalue weighted by Gasteiger charge is -2.22. The zero-order valence-corrected chi connectivity index (χ0v) is 16.3. The van der Waals surface area contributed by atoms with Gasteiger partial charge in [-0.05, 0) is 51.1 Å². The molecule has 3 rings (SSSR count). The third-order valence-corrected chi connectivity index (χ3v) is 6.87. The van der Waals surface area contributed by atoms with Gasteiger partial charge in [0.2, 0.25) is 5.91 Å². The topological polar surface area (TPSA) is 71.8 Å². The number of amides is 1. The highest BCUT2D eigenvalue weighted by Crippen LogP contribution is 2.26. The molecule has 1 aromatic heterocycles. The fourth-order valence-corrected chi connectivity index (χ4v) is 4.73. The molecule has 25 heavy (non-hydrogen) atoms. The van der Waals surface area contributed by atoms with E-state index in [1.54, 1.807) is 11.8 Å². The number of hydrogen-bond acceptors (Lipinski definition) is 5. The molecule has 1 saturated heterocycles. The van der Waals surface area contributed by atoms with Crippen molar-refractivity contribution in [2.75, 3.05) is 13.1 Å². The summed E-state index contributed by atoms with van der Waals surface area (Å²) in [4.78, 5) is 12.6. The summed E-state index contributed by atoms with van der Waals surface area (Å²) >= 11 is 1.55. The van der Waals surface area contributed by atoms with Crippen molar-refractivity contribution in [3.63, 3.8) is 0 Å². The van der Waals surface area contributed by atoms with Crippen LogP contribution in [0, 0.1) is 5.92 Å². The molecule has 2 fully saturated rings. The molecule has 2 aliphatic rings. The predicted octanol–water partition coefficient (Wildman–Crippen LogP) is 2.29. The summed E-state index contributed by atoms with van der Waals surface area (Å²) in [6.07, 6.45) is 8.91. The zero-order chi connectivity index (χ0) is 17.6. The molecule has 7 heteroatoms. The van der Waals surface area contributed by atoms with E-state index in [1.807, 2.05) is 7.05 Å². The molecular formula is C18H31N5OS. The Morgan fingerprint density at radius 2 is 2.00 bits per heavy atom. The molecule has 2 heterocycles. The summed E-state index contributed by atoms with van der Waals surface area (Å²) in [5.74, 6) is 1.89. The van der Waals surface area contributed by atoms with Crippen molar-refractivity contribution in [1.82, 2.24) is 25.4 Å². The minimum atomic E-state index is -0.0877. The summed E-state index contributed by atoms with van der Waals surface area (Å²) in [5, 5.41) is 16.2. The molecule has 1 aliphatic heterocycles. The monoisotopic (exact) mass is 365 g/mol. The van der Waals surface area contributed by atoms with E-state index in [1.165, 1.54) is 25.7 Å². The van der Waals surface area contributed by atoms with E-state index in [0.717, 1.165) is 49.8 Å². The molecule has 1 aromatic rings. The standard InChI is InChI=1S/C18H31N5OS/c1-3-15(17(24)20-14-6-4-5-7-14)25-18-22-21-16(23(18)2)12-13-8-10-19-11-9-13/h13-15,19H,3-12H2,1-2H3,(H,20,24). The largest absolute Gasteiger partial charge is 0.352 e. The summed E-state index contributed by atoms with van der Waals surface area (Å²) in [7, 11) is 2.03. The second kappa shape index (κ2) is 9.03. The highest BCUT2D eigenvalue weighted by molar-refractivity contribution is 8.00. The first-order valence-electron chi connectivity index (χ1n) is 9.73. The van der Waals surface area contributed by atoms with Crippen LogP contribution in [0.25, 0.3) is 0 Å². The Morgan fingerprint density at radius 1 is 1.28 bits per heavy atom. The third kappa shape index (κ3) is 4.97. The molecule has 1 aliphatic carbocycles. The molecule has 1 amide bonds. The molecule has 0 bridgehead atoms. The van der Waals surface area contributed by atoms with Gasteiger partial charge in [0.1, 0.15) is 5.82 Å². The Balaban J connectivity index is 1.57. The maximum Gasteiger partial charge on any atom is 0.233 e. The number of hydrogen-bond donors (Lipinski definition) is 2. The number of piperidine rings is 1. The lowest BCUT2D eigenvalue weighted by Crippen LogP contribution is -2.38. The van der Waals surface area contributed by atoms with Crippen molar-refractivity contribution in [2.24, 2.45) is 13.0 Å². The van der Waals surface area contributed by atoms with Crippen molar-refractivity contribution in [1.29, 1.82) is 0 Å². The van der Waals surface area contributed by atoms with Crippen LogP contribution >= 0.6 is 11.8 Å². The normalized spacial score (nSPS) is 20.7. The van der Waals surface area contributed by atoms with E-state index in [9.17, 15) is 4.79 Å². The fraction of sp³-hybridized carbons (Fsp3) is 0.833. The summed E-state index contributed by atoms with van der Waals surface area (Å²) in [6, 6.07) is 0.372. The number of nitrogens with zero attached hydrogens (tertiary/aromatic N) is 3. The molecule has 6 nitrogen and oxygen atoms in total. The molecule has 0 radical (unpaired) electrons. The SMILES string of the molecule is CCC(Sc1nnc(CC2CCNCC2)n1C)C(=O)NC1CCCC1. The molecule has 140 valence electrons. The van der Waals surface area contributed by atoms with Gasteiger partial charge in [-0.2, -0.15) is 0 Å². The number of thioether (sulfide) groups is 1. The number of aromatic nitrogens is 3. The fourth-order valence-electron chi connectivity index (χ4n) is 3.78. The summed E-state index contributed by atoms with van der Waals surface area (Å²) in [5.41, 5.74) is 0. The lowest BCUT2D eigenvalue weighted by atomic mass is 9.94. The van der Waals surface area contributed by atoms with Crippen LogP contribution in [0.5, 0.6) is 0 Å². The van der Waals surface area contributed by atoms with Gasteiger partial charge in [-0.25, -0.2) is 0 Å². The molecule has 1 atom stereocenters. The van der Waals surface area contributed by atoms with Crippen molar-refractivity contribution in [2.45, 2.75) is 74.7 Å². The molecule has 0 spiro atoms. The van der Waals surface area contributed by atoms with Gasteiger partial charge in [-0.3, -0.25) is 4.79 Å². The third-order valence-electron chi connectivity index (χ3n) is 5.47. The van der Waals surface area contributed by atoms with Crippen molar-refractivity contribution >= 4 is 17.7 Å². The van der Waals surface area contributed by atoms with Gasteiger partial charge >= 0.3 is 0 Å². The first kappa shape index (κ1) is 18.7.